The van der Waals surface area contributed by atoms with Crippen LogP contribution in [0.1, 0.15) is 30.6 Å². The summed E-state index contributed by atoms with van der Waals surface area (Å²) in [5.74, 6) is -0.0170. The first kappa shape index (κ1) is 15.3. The Kier molecular flexibility index (Phi) is 6.15. The quantitative estimate of drug-likeness (QED) is 0.606. The zero-order valence-corrected chi connectivity index (χ0v) is 11.6. The maximum Gasteiger partial charge on any atom is 0.344 e. The molecule has 2 N–H and O–H groups in total. The van der Waals surface area contributed by atoms with Gasteiger partial charge in [0.15, 0.2) is 0 Å². The van der Waals surface area contributed by atoms with E-state index >= 15 is 0 Å². The van der Waals surface area contributed by atoms with Crippen molar-refractivity contribution in [1.82, 2.24) is 0 Å². The molecule has 0 fully saturated rings. The number of hydrogen-bond acceptors (Lipinski definition) is 5. The second-order valence-electron chi connectivity index (χ2n) is 4.15. The number of nitrogen functional groups attached to an aromatic ring is 1. The molecular formula is C14H21NO4. The van der Waals surface area contributed by atoms with Crippen molar-refractivity contribution in [3.63, 3.8) is 0 Å². The van der Waals surface area contributed by atoms with Crippen LogP contribution in [-0.4, -0.2) is 32.4 Å². The van der Waals surface area contributed by atoms with E-state index in [0.29, 0.717) is 31.1 Å². The van der Waals surface area contributed by atoms with Gasteiger partial charge in [0.1, 0.15) is 17.4 Å². The van der Waals surface area contributed by atoms with Crippen LogP contribution >= 0.6 is 0 Å². The van der Waals surface area contributed by atoms with Gasteiger partial charge in [-0.05, 0) is 26.0 Å². The van der Waals surface area contributed by atoms with Crippen molar-refractivity contribution in [1.29, 1.82) is 0 Å². The fraction of sp³-hybridized carbons (Fsp3) is 0.500. The molecule has 0 radical (unpaired) electrons. The largest absolute Gasteiger partial charge is 0.493 e. The summed E-state index contributed by atoms with van der Waals surface area (Å²) < 4.78 is 15.7. The number of methoxy groups -OCH3 is 1. The smallest absolute Gasteiger partial charge is 0.344 e. The molecule has 1 aromatic carbocycles. The number of rotatable bonds is 7. The highest BCUT2D eigenvalue weighted by atomic mass is 16.5. The molecule has 0 amide bonds. The molecule has 1 aromatic rings. The lowest BCUT2D eigenvalue weighted by molar-refractivity contribution is 0.0264. The number of benzene rings is 1. The lowest BCUT2D eigenvalue weighted by Gasteiger charge is -2.16. The third kappa shape index (κ3) is 4.44. The summed E-state index contributed by atoms with van der Waals surface area (Å²) in [6, 6.07) is 5.10. The van der Waals surface area contributed by atoms with Gasteiger partial charge in [-0.1, -0.05) is 6.07 Å². The van der Waals surface area contributed by atoms with Crippen LogP contribution in [0.3, 0.4) is 0 Å². The SMILES string of the molecule is CCOc1cccc(N)c1C(=O)OC(C)CCOC. The minimum Gasteiger partial charge on any atom is -0.493 e. The number of ether oxygens (including phenoxy) is 3. The molecule has 0 aliphatic heterocycles. The Morgan fingerprint density at radius 1 is 1.42 bits per heavy atom. The van der Waals surface area contributed by atoms with Gasteiger partial charge in [0, 0.05) is 25.8 Å². The fourth-order valence-corrected chi connectivity index (χ4v) is 1.63. The molecule has 0 aliphatic carbocycles. The summed E-state index contributed by atoms with van der Waals surface area (Å²) in [4.78, 5) is 12.1. The zero-order chi connectivity index (χ0) is 14.3. The molecule has 0 aliphatic rings. The third-order valence-electron chi connectivity index (χ3n) is 2.60. The minimum absolute atomic E-state index is 0.235. The molecular weight excluding hydrogens is 246 g/mol. The van der Waals surface area contributed by atoms with Crippen LogP contribution in [0.5, 0.6) is 5.75 Å². The van der Waals surface area contributed by atoms with E-state index in [1.165, 1.54) is 0 Å². The van der Waals surface area contributed by atoms with Crippen molar-refractivity contribution in [3.8, 4) is 5.75 Å². The molecule has 1 atom stereocenters. The number of nitrogens with two attached hydrogens (primary N) is 1. The highest BCUT2D eigenvalue weighted by Crippen LogP contribution is 2.26. The summed E-state index contributed by atoms with van der Waals surface area (Å²) in [6.45, 7) is 4.66. The van der Waals surface area contributed by atoms with Crippen molar-refractivity contribution in [2.24, 2.45) is 0 Å². The fourth-order valence-electron chi connectivity index (χ4n) is 1.63. The Labute approximate surface area is 113 Å². The van der Waals surface area contributed by atoms with Crippen LogP contribution in [0, 0.1) is 0 Å². The lowest BCUT2D eigenvalue weighted by Crippen LogP contribution is -2.18. The first-order chi connectivity index (χ1) is 9.10. The number of carbonyl (C=O) groups excluding carboxylic acids is 1. The van der Waals surface area contributed by atoms with Crippen molar-refractivity contribution in [2.75, 3.05) is 26.1 Å². The molecule has 0 saturated carbocycles. The molecule has 0 spiro atoms. The monoisotopic (exact) mass is 267 g/mol. The van der Waals surface area contributed by atoms with Gasteiger partial charge in [0.25, 0.3) is 0 Å². The molecule has 19 heavy (non-hydrogen) atoms. The van der Waals surface area contributed by atoms with Gasteiger partial charge in [-0.15, -0.1) is 0 Å². The van der Waals surface area contributed by atoms with E-state index < -0.39 is 5.97 Å². The summed E-state index contributed by atoms with van der Waals surface area (Å²) in [5, 5.41) is 0. The van der Waals surface area contributed by atoms with Gasteiger partial charge < -0.3 is 19.9 Å². The molecule has 0 heterocycles. The summed E-state index contributed by atoms with van der Waals surface area (Å²) >= 11 is 0. The average molecular weight is 267 g/mol. The Morgan fingerprint density at radius 2 is 2.16 bits per heavy atom. The highest BCUT2D eigenvalue weighted by molar-refractivity contribution is 5.98. The standard InChI is InChI=1S/C14H21NO4/c1-4-18-12-7-5-6-11(15)13(12)14(16)19-10(2)8-9-17-3/h5-7,10H,4,8-9,15H2,1-3H3. The molecule has 1 rings (SSSR count). The van der Waals surface area contributed by atoms with Crippen LogP contribution in [-0.2, 0) is 9.47 Å². The van der Waals surface area contributed by atoms with Crippen molar-refractivity contribution in [2.45, 2.75) is 26.4 Å². The molecule has 5 heteroatoms. The molecule has 1 unspecified atom stereocenters. The maximum atomic E-state index is 12.1. The predicted octanol–water partition coefficient (Wildman–Crippen LogP) is 2.25. The summed E-state index contributed by atoms with van der Waals surface area (Å²) in [7, 11) is 1.61. The van der Waals surface area contributed by atoms with E-state index in [9.17, 15) is 4.79 Å². The lowest BCUT2D eigenvalue weighted by atomic mass is 10.1. The molecule has 0 saturated heterocycles. The second-order valence-corrected chi connectivity index (χ2v) is 4.15. The van der Waals surface area contributed by atoms with Gasteiger partial charge in [0.05, 0.1) is 6.61 Å². The topological polar surface area (TPSA) is 70.8 Å². The summed E-state index contributed by atoms with van der Waals surface area (Å²) in [6.07, 6.45) is 0.403. The van der Waals surface area contributed by atoms with Crippen LogP contribution in [0.25, 0.3) is 0 Å². The maximum absolute atomic E-state index is 12.1. The molecule has 0 bridgehead atoms. The van der Waals surface area contributed by atoms with E-state index in [2.05, 4.69) is 0 Å². The van der Waals surface area contributed by atoms with Crippen molar-refractivity contribution < 1.29 is 19.0 Å². The van der Waals surface area contributed by atoms with Crippen LogP contribution in [0.4, 0.5) is 5.69 Å². The van der Waals surface area contributed by atoms with Gasteiger partial charge in [-0.25, -0.2) is 4.79 Å². The number of carbonyl (C=O) groups is 1. The van der Waals surface area contributed by atoms with Gasteiger partial charge >= 0.3 is 5.97 Å². The molecule has 5 nitrogen and oxygen atoms in total. The second kappa shape index (κ2) is 7.63. The summed E-state index contributed by atoms with van der Waals surface area (Å²) in [5.41, 5.74) is 6.47. The van der Waals surface area contributed by atoms with Gasteiger partial charge in [0.2, 0.25) is 0 Å². The normalized spacial score (nSPS) is 11.9. The Balaban J connectivity index is 2.80. The predicted molar refractivity (Wildman–Crippen MR) is 73.4 cm³/mol. The third-order valence-corrected chi connectivity index (χ3v) is 2.60. The molecule has 0 aromatic heterocycles. The highest BCUT2D eigenvalue weighted by Gasteiger charge is 2.19. The van der Waals surface area contributed by atoms with Crippen LogP contribution in [0.15, 0.2) is 18.2 Å². The first-order valence-electron chi connectivity index (χ1n) is 6.31. The minimum atomic E-state index is -0.467. The van der Waals surface area contributed by atoms with Crippen LogP contribution in [0.2, 0.25) is 0 Å². The van der Waals surface area contributed by atoms with E-state index in [0.717, 1.165) is 0 Å². The van der Waals surface area contributed by atoms with Gasteiger partial charge in [-0.3, -0.25) is 0 Å². The van der Waals surface area contributed by atoms with E-state index in [4.69, 9.17) is 19.9 Å². The number of anilines is 1. The zero-order valence-electron chi connectivity index (χ0n) is 11.6. The first-order valence-corrected chi connectivity index (χ1v) is 6.31. The Morgan fingerprint density at radius 3 is 2.79 bits per heavy atom. The number of hydrogen-bond donors (Lipinski definition) is 1. The average Bonchev–Trinajstić information content (AvgIpc) is 2.36. The van der Waals surface area contributed by atoms with Crippen LogP contribution < -0.4 is 10.5 Å². The number of esters is 1. The van der Waals surface area contributed by atoms with E-state index in [-0.39, 0.29) is 11.7 Å². The van der Waals surface area contributed by atoms with E-state index in [1.807, 2.05) is 13.8 Å². The van der Waals surface area contributed by atoms with E-state index in [1.54, 1.807) is 25.3 Å². The van der Waals surface area contributed by atoms with Gasteiger partial charge in [-0.2, -0.15) is 0 Å². The molecule has 106 valence electrons. The Bertz CT molecular complexity index is 420. The van der Waals surface area contributed by atoms with Crippen molar-refractivity contribution in [3.05, 3.63) is 23.8 Å². The van der Waals surface area contributed by atoms with Crippen molar-refractivity contribution >= 4 is 11.7 Å². The Hall–Kier alpha value is -1.75.